The van der Waals surface area contributed by atoms with Gasteiger partial charge in [-0.2, -0.15) is 0 Å². The highest BCUT2D eigenvalue weighted by atomic mass is 16.5. The Kier molecular flexibility index (Phi) is 6.49. The van der Waals surface area contributed by atoms with E-state index in [4.69, 9.17) is 0 Å². The molecule has 6 nitrogen and oxygen atoms in total. The summed E-state index contributed by atoms with van der Waals surface area (Å²) in [6.07, 6.45) is 2.79. The van der Waals surface area contributed by atoms with Gasteiger partial charge in [0, 0.05) is 45.2 Å². The van der Waals surface area contributed by atoms with Crippen LogP contribution >= 0.6 is 0 Å². The summed E-state index contributed by atoms with van der Waals surface area (Å²) < 4.78 is 4.52. The van der Waals surface area contributed by atoms with Gasteiger partial charge >= 0.3 is 5.97 Å². The molecule has 1 N–H and O–H groups in total. The summed E-state index contributed by atoms with van der Waals surface area (Å²) >= 11 is 0. The monoisotopic (exact) mass is 279 g/mol. The molecule has 0 aromatic carbocycles. The topological polar surface area (TPSA) is 71.5 Å². The lowest BCUT2D eigenvalue weighted by atomic mass is 10.2. The molecular weight excluding hydrogens is 258 g/mol. The number of methoxy groups -OCH3 is 1. The van der Waals surface area contributed by atoms with Gasteiger partial charge in [0.2, 0.25) is 5.91 Å². The number of anilines is 1. The second-order valence-electron chi connectivity index (χ2n) is 4.59. The number of nitrogens with zero attached hydrogens (tertiary/aromatic N) is 2. The van der Waals surface area contributed by atoms with Crippen LogP contribution in [0.25, 0.3) is 0 Å². The molecule has 0 aliphatic heterocycles. The zero-order valence-electron chi connectivity index (χ0n) is 12.2. The molecule has 0 saturated heterocycles. The summed E-state index contributed by atoms with van der Waals surface area (Å²) in [5.74, 6) is 0.463. The summed E-state index contributed by atoms with van der Waals surface area (Å²) in [7, 11) is 5.15. The molecule has 0 fully saturated rings. The van der Waals surface area contributed by atoms with Crippen LogP contribution in [0.5, 0.6) is 0 Å². The first-order chi connectivity index (χ1) is 9.54. The third kappa shape index (κ3) is 5.26. The number of esters is 1. The fourth-order valence-electron chi connectivity index (χ4n) is 1.75. The van der Waals surface area contributed by atoms with Crippen molar-refractivity contribution in [1.29, 1.82) is 0 Å². The molecule has 0 spiro atoms. The minimum absolute atomic E-state index is 0.0811. The fourth-order valence-corrected chi connectivity index (χ4v) is 1.75. The molecule has 1 aromatic heterocycles. The van der Waals surface area contributed by atoms with E-state index in [0.717, 1.165) is 11.4 Å². The quantitative estimate of drug-likeness (QED) is 0.757. The van der Waals surface area contributed by atoms with Crippen LogP contribution in [0.1, 0.15) is 24.8 Å². The van der Waals surface area contributed by atoms with Crippen molar-refractivity contribution in [1.82, 2.24) is 10.3 Å². The maximum Gasteiger partial charge on any atom is 0.305 e. The van der Waals surface area contributed by atoms with Gasteiger partial charge in [-0.05, 0) is 12.5 Å². The summed E-state index contributed by atoms with van der Waals surface area (Å²) in [6, 6.07) is 3.77. The normalized spacial score (nSPS) is 9.95. The van der Waals surface area contributed by atoms with E-state index in [1.807, 2.05) is 31.1 Å². The van der Waals surface area contributed by atoms with E-state index in [2.05, 4.69) is 15.0 Å². The third-order valence-electron chi connectivity index (χ3n) is 2.78. The second kappa shape index (κ2) is 8.14. The van der Waals surface area contributed by atoms with Gasteiger partial charge in [-0.1, -0.05) is 6.07 Å². The molecule has 0 aliphatic rings. The Morgan fingerprint density at radius 1 is 1.35 bits per heavy atom. The number of pyridine rings is 1. The average molecular weight is 279 g/mol. The number of nitrogens with one attached hydrogen (secondary N) is 1. The second-order valence-corrected chi connectivity index (χ2v) is 4.59. The van der Waals surface area contributed by atoms with E-state index in [0.29, 0.717) is 19.4 Å². The fraction of sp³-hybridized carbons (Fsp3) is 0.500. The van der Waals surface area contributed by atoms with Crippen molar-refractivity contribution in [2.45, 2.75) is 25.8 Å². The molecular formula is C14H21N3O3. The van der Waals surface area contributed by atoms with Crippen LogP contribution in [0.15, 0.2) is 18.3 Å². The minimum atomic E-state index is -0.292. The maximum atomic E-state index is 11.7. The van der Waals surface area contributed by atoms with E-state index in [1.54, 1.807) is 6.20 Å². The van der Waals surface area contributed by atoms with Crippen LogP contribution in [0.4, 0.5) is 5.82 Å². The highest BCUT2D eigenvalue weighted by Crippen LogP contribution is 2.13. The van der Waals surface area contributed by atoms with Gasteiger partial charge in [-0.3, -0.25) is 9.59 Å². The highest BCUT2D eigenvalue weighted by molar-refractivity contribution is 5.77. The molecule has 1 heterocycles. The molecule has 110 valence electrons. The highest BCUT2D eigenvalue weighted by Gasteiger charge is 2.08. The molecule has 0 aliphatic carbocycles. The molecule has 1 rings (SSSR count). The van der Waals surface area contributed by atoms with Gasteiger partial charge < -0.3 is 15.0 Å². The SMILES string of the molecule is COC(=O)CCCC(=O)NCc1cccnc1N(C)C. The van der Waals surface area contributed by atoms with Crippen molar-refractivity contribution in [2.24, 2.45) is 0 Å². The van der Waals surface area contributed by atoms with Crippen molar-refractivity contribution in [2.75, 3.05) is 26.1 Å². The van der Waals surface area contributed by atoms with E-state index in [9.17, 15) is 9.59 Å². The molecule has 1 aromatic rings. The molecule has 0 saturated carbocycles. The lowest BCUT2D eigenvalue weighted by Gasteiger charge is -2.16. The van der Waals surface area contributed by atoms with E-state index < -0.39 is 0 Å². The predicted molar refractivity (Wildman–Crippen MR) is 76.3 cm³/mol. The minimum Gasteiger partial charge on any atom is -0.469 e. The number of hydrogen-bond donors (Lipinski definition) is 1. The summed E-state index contributed by atoms with van der Waals surface area (Å²) in [4.78, 5) is 28.8. The van der Waals surface area contributed by atoms with E-state index >= 15 is 0 Å². The van der Waals surface area contributed by atoms with Crippen LogP contribution in [-0.2, 0) is 20.9 Å². The first kappa shape index (κ1) is 15.9. The van der Waals surface area contributed by atoms with Crippen molar-refractivity contribution < 1.29 is 14.3 Å². The zero-order chi connectivity index (χ0) is 15.0. The van der Waals surface area contributed by atoms with Gasteiger partial charge in [0.15, 0.2) is 0 Å². The predicted octanol–water partition coefficient (Wildman–Crippen LogP) is 1.11. The van der Waals surface area contributed by atoms with Gasteiger partial charge in [0.1, 0.15) is 5.82 Å². The number of hydrogen-bond acceptors (Lipinski definition) is 5. The smallest absolute Gasteiger partial charge is 0.305 e. The van der Waals surface area contributed by atoms with Gasteiger partial charge in [0.25, 0.3) is 0 Å². The third-order valence-corrected chi connectivity index (χ3v) is 2.78. The van der Waals surface area contributed by atoms with Crippen LogP contribution in [0.2, 0.25) is 0 Å². The lowest BCUT2D eigenvalue weighted by molar-refractivity contribution is -0.140. The number of rotatable bonds is 7. The molecule has 0 atom stereocenters. The molecule has 0 unspecified atom stereocenters. The van der Waals surface area contributed by atoms with E-state index in [1.165, 1.54) is 7.11 Å². The Morgan fingerprint density at radius 2 is 2.10 bits per heavy atom. The number of carbonyl (C=O) groups is 2. The Labute approximate surface area is 119 Å². The molecule has 20 heavy (non-hydrogen) atoms. The Bertz CT molecular complexity index is 461. The van der Waals surface area contributed by atoms with Crippen LogP contribution < -0.4 is 10.2 Å². The molecule has 0 bridgehead atoms. The first-order valence-corrected chi connectivity index (χ1v) is 6.49. The summed E-state index contributed by atoms with van der Waals surface area (Å²) in [6.45, 7) is 0.429. The largest absolute Gasteiger partial charge is 0.469 e. The van der Waals surface area contributed by atoms with Crippen molar-refractivity contribution >= 4 is 17.7 Å². The van der Waals surface area contributed by atoms with E-state index in [-0.39, 0.29) is 18.3 Å². The van der Waals surface area contributed by atoms with Crippen LogP contribution in [0, 0.1) is 0 Å². The first-order valence-electron chi connectivity index (χ1n) is 6.49. The van der Waals surface area contributed by atoms with Crippen molar-refractivity contribution in [3.05, 3.63) is 23.9 Å². The van der Waals surface area contributed by atoms with Crippen LogP contribution in [-0.4, -0.2) is 38.1 Å². The molecule has 6 heteroatoms. The van der Waals surface area contributed by atoms with Gasteiger partial charge in [0.05, 0.1) is 7.11 Å². The van der Waals surface area contributed by atoms with Crippen LogP contribution in [0.3, 0.4) is 0 Å². The lowest BCUT2D eigenvalue weighted by Crippen LogP contribution is -2.24. The summed E-state index contributed by atoms with van der Waals surface area (Å²) in [5.41, 5.74) is 0.957. The standard InChI is InChI=1S/C14H21N3O3/c1-17(2)14-11(6-5-9-15-14)10-16-12(18)7-4-8-13(19)20-3/h5-6,9H,4,7-8,10H2,1-3H3,(H,16,18). The van der Waals surface area contributed by atoms with Gasteiger partial charge in [-0.25, -0.2) is 4.98 Å². The number of ether oxygens (including phenoxy) is 1. The Hall–Kier alpha value is -2.11. The number of carbonyl (C=O) groups excluding carboxylic acids is 2. The Morgan fingerprint density at radius 3 is 2.75 bits per heavy atom. The molecule has 0 radical (unpaired) electrons. The number of amides is 1. The van der Waals surface area contributed by atoms with Crippen molar-refractivity contribution in [3.63, 3.8) is 0 Å². The van der Waals surface area contributed by atoms with Gasteiger partial charge in [-0.15, -0.1) is 0 Å². The average Bonchev–Trinajstić information content (AvgIpc) is 2.45. The summed E-state index contributed by atoms with van der Waals surface area (Å²) in [5, 5.41) is 2.83. The number of aromatic nitrogens is 1. The van der Waals surface area contributed by atoms with Crippen molar-refractivity contribution in [3.8, 4) is 0 Å². The zero-order valence-corrected chi connectivity index (χ0v) is 12.2. The maximum absolute atomic E-state index is 11.7. The Balaban J connectivity index is 2.39. The molecule has 1 amide bonds.